The first-order valence-corrected chi connectivity index (χ1v) is 8.85. The van der Waals surface area contributed by atoms with Crippen molar-refractivity contribution >= 4 is 17.3 Å². The van der Waals surface area contributed by atoms with Gasteiger partial charge in [-0.05, 0) is 49.6 Å². The molecule has 0 atom stereocenters. The van der Waals surface area contributed by atoms with Crippen LogP contribution in [-0.2, 0) is 4.79 Å². The maximum atomic E-state index is 12.1. The molecule has 2 aromatic rings. The fourth-order valence-electron chi connectivity index (χ4n) is 2.45. The van der Waals surface area contributed by atoms with Crippen molar-refractivity contribution < 1.29 is 9.53 Å². The molecule has 0 saturated carbocycles. The number of para-hydroxylation sites is 2. The number of hydrogen-bond acceptors (Lipinski definition) is 3. The molecule has 2 rings (SSSR count). The Labute approximate surface area is 150 Å². The molecule has 0 radical (unpaired) electrons. The van der Waals surface area contributed by atoms with Crippen LogP contribution in [0.1, 0.15) is 45.6 Å². The molecule has 2 aromatic carbocycles. The molecular formula is C21H28N2O2. The average molecular weight is 340 g/mol. The maximum absolute atomic E-state index is 12.1. The normalized spacial score (nSPS) is 10.8. The van der Waals surface area contributed by atoms with Gasteiger partial charge < -0.3 is 15.4 Å². The lowest BCUT2D eigenvalue weighted by atomic mass is 10.0. The number of carbonyl (C=O) groups excluding carboxylic acids is 1. The lowest BCUT2D eigenvalue weighted by Crippen LogP contribution is -2.17. The summed E-state index contributed by atoms with van der Waals surface area (Å²) in [6, 6.07) is 15.8. The van der Waals surface area contributed by atoms with Crippen molar-refractivity contribution in [2.75, 3.05) is 17.2 Å². The third-order valence-corrected chi connectivity index (χ3v) is 3.78. The Morgan fingerprint density at radius 2 is 1.68 bits per heavy atom. The summed E-state index contributed by atoms with van der Waals surface area (Å²) in [4.78, 5) is 12.1. The molecule has 134 valence electrons. The quantitative estimate of drug-likeness (QED) is 0.708. The summed E-state index contributed by atoms with van der Waals surface area (Å²) in [5.74, 6) is 1.29. The topological polar surface area (TPSA) is 50.4 Å². The van der Waals surface area contributed by atoms with Crippen LogP contribution in [0.25, 0.3) is 0 Å². The molecule has 25 heavy (non-hydrogen) atoms. The van der Waals surface area contributed by atoms with E-state index in [4.69, 9.17) is 4.74 Å². The van der Waals surface area contributed by atoms with Crippen LogP contribution in [0.5, 0.6) is 5.75 Å². The predicted octanol–water partition coefficient (Wildman–Crippen LogP) is 5.04. The molecule has 4 nitrogen and oxygen atoms in total. The van der Waals surface area contributed by atoms with E-state index in [0.717, 1.165) is 17.1 Å². The number of nitrogens with one attached hydrogen (secondary N) is 2. The number of rotatable bonds is 8. The summed E-state index contributed by atoms with van der Waals surface area (Å²) in [6.07, 6.45) is 0.502. The van der Waals surface area contributed by atoms with Crippen molar-refractivity contribution in [3.63, 3.8) is 0 Å². The monoisotopic (exact) mass is 340 g/mol. The van der Waals surface area contributed by atoms with E-state index < -0.39 is 0 Å². The highest BCUT2D eigenvalue weighted by Gasteiger charge is 2.07. The standard InChI is InChI=1S/C21H28N2O2/c1-15(2)17-9-11-18(12-10-17)23-21(24)13-14-22-19-7-5-6-8-20(19)25-16(3)4/h5-12,15-16,22H,13-14H2,1-4H3,(H,23,24). The van der Waals surface area contributed by atoms with Gasteiger partial charge in [-0.2, -0.15) is 0 Å². The zero-order valence-corrected chi connectivity index (χ0v) is 15.5. The fraction of sp³-hybridized carbons (Fsp3) is 0.381. The van der Waals surface area contributed by atoms with E-state index in [9.17, 15) is 4.79 Å². The van der Waals surface area contributed by atoms with Crippen LogP contribution < -0.4 is 15.4 Å². The minimum Gasteiger partial charge on any atom is -0.489 e. The molecule has 0 unspecified atom stereocenters. The zero-order chi connectivity index (χ0) is 18.2. The van der Waals surface area contributed by atoms with Crippen molar-refractivity contribution in [2.24, 2.45) is 0 Å². The van der Waals surface area contributed by atoms with Crippen LogP contribution >= 0.6 is 0 Å². The highest BCUT2D eigenvalue weighted by Crippen LogP contribution is 2.24. The minimum atomic E-state index is -0.00736. The van der Waals surface area contributed by atoms with Gasteiger partial charge in [0.05, 0.1) is 11.8 Å². The van der Waals surface area contributed by atoms with Crippen LogP contribution in [0.2, 0.25) is 0 Å². The summed E-state index contributed by atoms with van der Waals surface area (Å²) in [5.41, 5.74) is 3.00. The molecule has 0 saturated heterocycles. The van der Waals surface area contributed by atoms with Gasteiger partial charge in [0.25, 0.3) is 0 Å². The first-order valence-electron chi connectivity index (χ1n) is 8.85. The van der Waals surface area contributed by atoms with Crippen molar-refractivity contribution in [3.05, 3.63) is 54.1 Å². The first-order chi connectivity index (χ1) is 12.0. The number of anilines is 2. The van der Waals surface area contributed by atoms with Gasteiger partial charge in [-0.1, -0.05) is 38.1 Å². The Morgan fingerprint density at radius 1 is 1.00 bits per heavy atom. The fourth-order valence-corrected chi connectivity index (χ4v) is 2.45. The van der Waals surface area contributed by atoms with Gasteiger partial charge >= 0.3 is 0 Å². The van der Waals surface area contributed by atoms with Crippen molar-refractivity contribution in [3.8, 4) is 5.75 Å². The van der Waals surface area contributed by atoms with E-state index in [2.05, 4.69) is 36.6 Å². The summed E-state index contributed by atoms with van der Waals surface area (Å²) in [6.45, 7) is 8.85. The Bertz CT molecular complexity index is 679. The van der Waals surface area contributed by atoms with Crippen molar-refractivity contribution in [1.29, 1.82) is 0 Å². The van der Waals surface area contributed by atoms with Gasteiger partial charge in [-0.15, -0.1) is 0 Å². The second-order valence-corrected chi connectivity index (χ2v) is 6.66. The zero-order valence-electron chi connectivity index (χ0n) is 15.5. The number of ether oxygens (including phenoxy) is 1. The summed E-state index contributed by atoms with van der Waals surface area (Å²) in [5, 5.41) is 6.20. The first kappa shape index (κ1) is 18.8. The van der Waals surface area contributed by atoms with E-state index in [1.807, 2.05) is 50.2 Å². The molecule has 0 spiro atoms. The summed E-state index contributed by atoms with van der Waals surface area (Å²) in [7, 11) is 0. The highest BCUT2D eigenvalue weighted by atomic mass is 16.5. The molecule has 0 aromatic heterocycles. The molecule has 0 fully saturated rings. The van der Waals surface area contributed by atoms with Crippen LogP contribution in [0.15, 0.2) is 48.5 Å². The van der Waals surface area contributed by atoms with Gasteiger partial charge in [0.1, 0.15) is 5.75 Å². The summed E-state index contributed by atoms with van der Waals surface area (Å²) >= 11 is 0. The number of hydrogen-bond donors (Lipinski definition) is 2. The predicted molar refractivity (Wildman–Crippen MR) is 104 cm³/mol. The van der Waals surface area contributed by atoms with Gasteiger partial charge in [0, 0.05) is 18.7 Å². The Kier molecular flexibility index (Phi) is 6.87. The average Bonchev–Trinajstić information content (AvgIpc) is 2.56. The molecule has 0 bridgehead atoms. The molecule has 0 aliphatic rings. The molecule has 0 aliphatic heterocycles. The van der Waals surface area contributed by atoms with Gasteiger partial charge in [0.15, 0.2) is 0 Å². The molecule has 1 amide bonds. The lowest BCUT2D eigenvalue weighted by Gasteiger charge is -2.15. The highest BCUT2D eigenvalue weighted by molar-refractivity contribution is 5.91. The molecular weight excluding hydrogens is 312 g/mol. The molecule has 0 heterocycles. The van der Waals surface area contributed by atoms with E-state index >= 15 is 0 Å². The Hall–Kier alpha value is -2.49. The Morgan fingerprint density at radius 3 is 2.32 bits per heavy atom. The van der Waals surface area contributed by atoms with Crippen LogP contribution in [0.3, 0.4) is 0 Å². The summed E-state index contributed by atoms with van der Waals surface area (Å²) < 4.78 is 5.77. The van der Waals surface area contributed by atoms with Gasteiger partial charge in [-0.25, -0.2) is 0 Å². The molecule has 2 N–H and O–H groups in total. The largest absolute Gasteiger partial charge is 0.489 e. The van der Waals surface area contributed by atoms with Gasteiger partial charge in [-0.3, -0.25) is 4.79 Å². The van der Waals surface area contributed by atoms with E-state index in [1.54, 1.807) is 0 Å². The van der Waals surface area contributed by atoms with Crippen molar-refractivity contribution in [2.45, 2.75) is 46.1 Å². The minimum absolute atomic E-state index is 0.00736. The van der Waals surface area contributed by atoms with E-state index in [0.29, 0.717) is 18.9 Å². The Balaban J connectivity index is 1.82. The number of amides is 1. The van der Waals surface area contributed by atoms with Crippen molar-refractivity contribution in [1.82, 2.24) is 0 Å². The third kappa shape index (κ3) is 6.14. The lowest BCUT2D eigenvalue weighted by molar-refractivity contribution is -0.115. The maximum Gasteiger partial charge on any atom is 0.226 e. The number of carbonyl (C=O) groups is 1. The van der Waals surface area contributed by atoms with Gasteiger partial charge in [0.2, 0.25) is 5.91 Å². The van der Waals surface area contributed by atoms with E-state index in [-0.39, 0.29) is 12.0 Å². The van der Waals surface area contributed by atoms with Crippen LogP contribution in [0, 0.1) is 0 Å². The number of benzene rings is 2. The van der Waals surface area contributed by atoms with Crippen LogP contribution in [0.4, 0.5) is 11.4 Å². The van der Waals surface area contributed by atoms with Crippen LogP contribution in [-0.4, -0.2) is 18.6 Å². The molecule has 4 heteroatoms. The third-order valence-electron chi connectivity index (χ3n) is 3.78. The smallest absolute Gasteiger partial charge is 0.226 e. The SMILES string of the molecule is CC(C)Oc1ccccc1NCCC(=O)Nc1ccc(C(C)C)cc1. The second-order valence-electron chi connectivity index (χ2n) is 6.66. The second kappa shape index (κ2) is 9.11. The van der Waals surface area contributed by atoms with E-state index in [1.165, 1.54) is 5.56 Å². The molecule has 0 aliphatic carbocycles.